The van der Waals surface area contributed by atoms with Crippen molar-refractivity contribution in [2.75, 3.05) is 13.2 Å². The van der Waals surface area contributed by atoms with E-state index in [9.17, 15) is 35.4 Å². The van der Waals surface area contributed by atoms with Gasteiger partial charge >= 0.3 is 0 Å². The zero-order valence-corrected chi connectivity index (χ0v) is 35.3. The second-order valence-corrected chi connectivity index (χ2v) is 16.2. The first-order valence-electron chi connectivity index (χ1n) is 22.6. The van der Waals surface area contributed by atoms with E-state index in [2.05, 4.69) is 32.2 Å². The number of allylic oxidation sites excluding steroid dienone is 3. The lowest BCUT2D eigenvalue weighted by Crippen LogP contribution is -2.60. The second-order valence-electron chi connectivity index (χ2n) is 16.2. The summed E-state index contributed by atoms with van der Waals surface area (Å²) in [4.78, 5) is 13.0. The average Bonchev–Trinajstić information content (AvgIpc) is 3.18. The third-order valence-electron chi connectivity index (χ3n) is 11.0. The number of hydrogen-bond donors (Lipinski definition) is 7. The van der Waals surface area contributed by atoms with Gasteiger partial charge in [-0.15, -0.1) is 0 Å². The van der Waals surface area contributed by atoms with Gasteiger partial charge < -0.3 is 45.4 Å². The first-order valence-corrected chi connectivity index (χ1v) is 22.6. The van der Waals surface area contributed by atoms with Crippen LogP contribution in [0.2, 0.25) is 0 Å². The fourth-order valence-corrected chi connectivity index (χ4v) is 7.18. The van der Waals surface area contributed by atoms with E-state index in [1.54, 1.807) is 6.08 Å². The first-order chi connectivity index (χ1) is 26.7. The molecule has 1 aliphatic heterocycles. The van der Waals surface area contributed by atoms with Gasteiger partial charge in [-0.1, -0.05) is 179 Å². The van der Waals surface area contributed by atoms with Crippen molar-refractivity contribution in [3.05, 3.63) is 23.8 Å². The van der Waals surface area contributed by atoms with E-state index in [0.29, 0.717) is 19.3 Å². The summed E-state index contributed by atoms with van der Waals surface area (Å²) in [5.74, 6) is -0.625. The summed E-state index contributed by atoms with van der Waals surface area (Å²) in [5, 5.41) is 64.7. The number of amides is 1. The number of unbranched alkanes of at least 4 members (excludes halogenated alkanes) is 22. The van der Waals surface area contributed by atoms with E-state index < -0.39 is 61.5 Å². The van der Waals surface area contributed by atoms with Gasteiger partial charge in [0.1, 0.15) is 30.5 Å². The third-order valence-corrected chi connectivity index (χ3v) is 11.0. The SMILES string of the molecule is CCCCCCCCCCCCCCCCCC[C@@H](O)C(=O)N[C@@H](CO[C@@H]1O[C@H](CO)[C@@H](O)[C@H](O)[C@H]1O)[C@H](O)/C=C/CC/C=C(\C)CCCCCCCCC. The average molecular weight is 784 g/mol. The minimum absolute atomic E-state index is 0.307. The number of aliphatic hydroxyl groups is 6. The third kappa shape index (κ3) is 25.6. The maximum atomic E-state index is 13.0. The van der Waals surface area contributed by atoms with Gasteiger partial charge in [-0.05, 0) is 39.0 Å². The summed E-state index contributed by atoms with van der Waals surface area (Å²) in [6.07, 6.45) is 27.7. The molecule has 0 aromatic carbocycles. The van der Waals surface area contributed by atoms with Crippen LogP contribution in [-0.4, -0.2) is 98.7 Å². The zero-order chi connectivity index (χ0) is 40.5. The molecule has 1 aliphatic rings. The summed E-state index contributed by atoms with van der Waals surface area (Å²) in [6.45, 7) is 5.73. The zero-order valence-electron chi connectivity index (χ0n) is 35.3. The Kier molecular flexibility index (Phi) is 32.5. The lowest BCUT2D eigenvalue weighted by atomic mass is 9.99. The standard InChI is InChI=1S/C45H85NO9/c1-4-6-8-10-12-13-14-15-16-17-18-19-20-22-24-28-33-39(49)44(53)46-37(35-54-45-43(52)42(51)41(50)40(34-47)55-45)38(48)32-29-25-27-31-36(3)30-26-23-21-11-9-7-5-2/h29,31-32,37-43,45,47-52H,4-28,30,33-35H2,1-3H3,(H,46,53)/b32-29+,36-31+/t37-,38+,39+,40+,41+,42-,43+,45+/m0/s1. The Morgan fingerprint density at radius 2 is 1.18 bits per heavy atom. The second kappa shape index (κ2) is 34.7. The van der Waals surface area contributed by atoms with E-state index in [0.717, 1.165) is 32.1 Å². The Morgan fingerprint density at radius 3 is 1.69 bits per heavy atom. The van der Waals surface area contributed by atoms with Crippen LogP contribution in [-0.2, 0) is 14.3 Å². The number of hydrogen-bond acceptors (Lipinski definition) is 9. The van der Waals surface area contributed by atoms with Crippen molar-refractivity contribution >= 4 is 5.91 Å². The maximum absolute atomic E-state index is 13.0. The van der Waals surface area contributed by atoms with E-state index in [-0.39, 0.29) is 6.61 Å². The Balaban J connectivity index is 2.50. The summed E-state index contributed by atoms with van der Waals surface area (Å²) >= 11 is 0. The van der Waals surface area contributed by atoms with Crippen LogP contribution >= 0.6 is 0 Å². The van der Waals surface area contributed by atoms with Crippen molar-refractivity contribution in [3.63, 3.8) is 0 Å². The van der Waals surface area contributed by atoms with E-state index in [1.807, 2.05) is 6.08 Å². The van der Waals surface area contributed by atoms with Crippen molar-refractivity contribution in [1.29, 1.82) is 0 Å². The smallest absolute Gasteiger partial charge is 0.249 e. The highest BCUT2D eigenvalue weighted by Crippen LogP contribution is 2.23. The fraction of sp³-hybridized carbons (Fsp3) is 0.889. The number of aliphatic hydroxyl groups excluding tert-OH is 6. The number of nitrogens with one attached hydrogen (secondary N) is 1. The van der Waals surface area contributed by atoms with Gasteiger partial charge in [0.25, 0.3) is 0 Å². The van der Waals surface area contributed by atoms with Crippen LogP contribution in [0.25, 0.3) is 0 Å². The molecule has 0 radical (unpaired) electrons. The molecular weight excluding hydrogens is 698 g/mol. The summed E-state index contributed by atoms with van der Waals surface area (Å²) in [7, 11) is 0. The largest absolute Gasteiger partial charge is 0.394 e. The molecule has 0 unspecified atom stereocenters. The van der Waals surface area contributed by atoms with Gasteiger partial charge in [0, 0.05) is 0 Å². The molecule has 1 rings (SSSR count). The Bertz CT molecular complexity index is 961. The molecule has 0 bridgehead atoms. The highest BCUT2D eigenvalue weighted by atomic mass is 16.7. The molecule has 55 heavy (non-hydrogen) atoms. The summed E-state index contributed by atoms with van der Waals surface area (Å²) in [5.41, 5.74) is 1.36. The molecule has 0 aromatic rings. The minimum Gasteiger partial charge on any atom is -0.394 e. The van der Waals surface area contributed by atoms with Gasteiger partial charge in [-0.3, -0.25) is 4.79 Å². The topological polar surface area (TPSA) is 169 Å². The van der Waals surface area contributed by atoms with Crippen LogP contribution in [0.3, 0.4) is 0 Å². The van der Waals surface area contributed by atoms with Gasteiger partial charge in [0.05, 0.1) is 25.4 Å². The minimum atomic E-state index is -1.61. The Labute approximate surface area is 335 Å². The van der Waals surface area contributed by atoms with Gasteiger partial charge in [0.2, 0.25) is 5.91 Å². The molecule has 1 fully saturated rings. The molecule has 0 aromatic heterocycles. The molecule has 7 N–H and O–H groups in total. The highest BCUT2D eigenvalue weighted by molar-refractivity contribution is 5.80. The predicted octanol–water partition coefficient (Wildman–Crippen LogP) is 8.08. The monoisotopic (exact) mass is 784 g/mol. The van der Waals surface area contributed by atoms with Gasteiger partial charge in [-0.2, -0.15) is 0 Å². The number of carbonyl (C=O) groups excluding carboxylic acids is 1. The molecule has 324 valence electrons. The molecule has 1 heterocycles. The molecule has 1 saturated heterocycles. The molecule has 0 aliphatic carbocycles. The highest BCUT2D eigenvalue weighted by Gasteiger charge is 2.44. The van der Waals surface area contributed by atoms with E-state index in [1.165, 1.54) is 128 Å². The van der Waals surface area contributed by atoms with Crippen molar-refractivity contribution < 1.29 is 44.9 Å². The van der Waals surface area contributed by atoms with E-state index >= 15 is 0 Å². The van der Waals surface area contributed by atoms with E-state index in [4.69, 9.17) is 9.47 Å². The van der Waals surface area contributed by atoms with Crippen LogP contribution < -0.4 is 5.32 Å². The number of carbonyl (C=O) groups is 1. The summed E-state index contributed by atoms with van der Waals surface area (Å²) in [6, 6.07) is -0.994. The van der Waals surface area contributed by atoms with Crippen molar-refractivity contribution in [1.82, 2.24) is 5.32 Å². The van der Waals surface area contributed by atoms with Crippen LogP contribution in [0.1, 0.15) is 194 Å². The lowest BCUT2D eigenvalue weighted by molar-refractivity contribution is -0.302. The number of ether oxygens (including phenoxy) is 2. The Morgan fingerprint density at radius 1 is 0.691 bits per heavy atom. The van der Waals surface area contributed by atoms with Gasteiger partial charge in [-0.25, -0.2) is 0 Å². The Hall–Kier alpha value is -1.37. The molecule has 10 nitrogen and oxygen atoms in total. The molecule has 0 saturated carbocycles. The first kappa shape index (κ1) is 51.6. The molecular formula is C45H85NO9. The quantitative estimate of drug-likeness (QED) is 0.0245. The van der Waals surface area contributed by atoms with Crippen LogP contribution in [0.5, 0.6) is 0 Å². The molecule has 10 heteroatoms. The number of rotatable bonds is 36. The molecule has 1 amide bonds. The van der Waals surface area contributed by atoms with Crippen LogP contribution in [0.4, 0.5) is 0 Å². The van der Waals surface area contributed by atoms with Gasteiger partial charge in [0.15, 0.2) is 6.29 Å². The maximum Gasteiger partial charge on any atom is 0.249 e. The molecule has 0 spiro atoms. The lowest BCUT2D eigenvalue weighted by Gasteiger charge is -2.40. The van der Waals surface area contributed by atoms with Crippen molar-refractivity contribution in [2.45, 2.75) is 243 Å². The van der Waals surface area contributed by atoms with Crippen molar-refractivity contribution in [3.8, 4) is 0 Å². The predicted molar refractivity (Wildman–Crippen MR) is 223 cm³/mol. The van der Waals surface area contributed by atoms with Crippen molar-refractivity contribution in [2.24, 2.45) is 0 Å². The summed E-state index contributed by atoms with van der Waals surface area (Å²) < 4.78 is 11.1. The van der Waals surface area contributed by atoms with Crippen LogP contribution in [0.15, 0.2) is 23.8 Å². The molecule has 8 atom stereocenters. The normalized spacial score (nSPS) is 22.3. The van der Waals surface area contributed by atoms with Crippen LogP contribution in [0, 0.1) is 0 Å². The fourth-order valence-electron chi connectivity index (χ4n) is 7.18.